The Labute approximate surface area is 144 Å². The maximum atomic E-state index is 12.4. The highest BCUT2D eigenvalue weighted by Gasteiger charge is 2.42. The summed E-state index contributed by atoms with van der Waals surface area (Å²) in [6.07, 6.45) is 3.14. The number of carbonyl (C=O) groups excluding carboxylic acids is 1. The van der Waals surface area contributed by atoms with Crippen molar-refractivity contribution in [2.24, 2.45) is 5.92 Å². The molecule has 0 aromatic heterocycles. The van der Waals surface area contributed by atoms with E-state index in [4.69, 9.17) is 10.5 Å². The lowest BCUT2D eigenvalue weighted by molar-refractivity contribution is -0.134. The van der Waals surface area contributed by atoms with E-state index in [1.54, 1.807) is 12.1 Å². The van der Waals surface area contributed by atoms with Crippen LogP contribution in [0.2, 0.25) is 0 Å². The van der Waals surface area contributed by atoms with Crippen molar-refractivity contribution in [2.75, 3.05) is 38.5 Å². The standard InChI is InChI=1S/C19H29N3O2/c1-19(2,15-3-4-15)22-12-10-21(11-13-22)18(23)9-14-24-17-7-5-16(20)6-8-17/h5-8,15H,3-4,9-14,20H2,1-2H3. The minimum Gasteiger partial charge on any atom is -0.493 e. The number of nitrogen functional groups attached to an aromatic ring is 1. The summed E-state index contributed by atoms with van der Waals surface area (Å²) in [4.78, 5) is 16.9. The number of hydrogen-bond donors (Lipinski definition) is 1. The summed E-state index contributed by atoms with van der Waals surface area (Å²) in [5.41, 5.74) is 6.64. The van der Waals surface area contributed by atoms with Gasteiger partial charge in [-0.1, -0.05) is 0 Å². The van der Waals surface area contributed by atoms with Crippen LogP contribution in [0.3, 0.4) is 0 Å². The van der Waals surface area contributed by atoms with Gasteiger partial charge in [0.15, 0.2) is 0 Å². The fraction of sp³-hybridized carbons (Fsp3) is 0.632. The summed E-state index contributed by atoms with van der Waals surface area (Å²) in [6.45, 7) is 8.73. The number of piperazine rings is 1. The van der Waals surface area contributed by atoms with Gasteiger partial charge < -0.3 is 15.4 Å². The predicted molar refractivity (Wildman–Crippen MR) is 95.9 cm³/mol. The molecule has 1 heterocycles. The number of anilines is 1. The summed E-state index contributed by atoms with van der Waals surface area (Å²) >= 11 is 0. The third-order valence-electron chi connectivity index (χ3n) is 5.49. The number of ether oxygens (including phenoxy) is 1. The van der Waals surface area contributed by atoms with Gasteiger partial charge >= 0.3 is 0 Å². The van der Waals surface area contributed by atoms with Gasteiger partial charge in [0.05, 0.1) is 13.0 Å². The minimum atomic E-state index is 0.189. The second kappa shape index (κ2) is 7.01. The summed E-state index contributed by atoms with van der Waals surface area (Å²) < 4.78 is 5.62. The molecule has 1 amide bonds. The average Bonchev–Trinajstić information content (AvgIpc) is 3.42. The molecule has 1 aliphatic heterocycles. The number of hydrogen-bond acceptors (Lipinski definition) is 4. The van der Waals surface area contributed by atoms with E-state index >= 15 is 0 Å². The van der Waals surface area contributed by atoms with E-state index in [2.05, 4.69) is 18.7 Å². The summed E-state index contributed by atoms with van der Waals surface area (Å²) in [6, 6.07) is 7.27. The Bertz CT molecular complexity index is 558. The average molecular weight is 331 g/mol. The van der Waals surface area contributed by atoms with Gasteiger partial charge in [-0.3, -0.25) is 9.69 Å². The van der Waals surface area contributed by atoms with Crippen LogP contribution in [-0.4, -0.2) is 54.0 Å². The highest BCUT2D eigenvalue weighted by molar-refractivity contribution is 5.76. The normalized spacial score (nSPS) is 19.3. The van der Waals surface area contributed by atoms with Crippen LogP contribution in [0.4, 0.5) is 5.69 Å². The number of rotatable bonds is 6. The maximum absolute atomic E-state index is 12.4. The topological polar surface area (TPSA) is 58.8 Å². The van der Waals surface area contributed by atoms with Gasteiger partial charge in [-0.2, -0.15) is 0 Å². The molecule has 1 aromatic rings. The van der Waals surface area contributed by atoms with Gasteiger partial charge in [-0.05, 0) is 56.9 Å². The lowest BCUT2D eigenvalue weighted by Crippen LogP contribution is -2.56. The second-order valence-electron chi connectivity index (χ2n) is 7.46. The molecular weight excluding hydrogens is 302 g/mol. The molecule has 0 unspecified atom stereocenters. The molecule has 0 atom stereocenters. The zero-order chi connectivity index (χ0) is 17.2. The van der Waals surface area contributed by atoms with Crippen LogP contribution in [0.25, 0.3) is 0 Å². The molecule has 0 radical (unpaired) electrons. The van der Waals surface area contributed by atoms with Crippen molar-refractivity contribution in [2.45, 2.75) is 38.6 Å². The highest BCUT2D eigenvalue weighted by Crippen LogP contribution is 2.42. The van der Waals surface area contributed by atoms with Crippen molar-refractivity contribution in [3.05, 3.63) is 24.3 Å². The van der Waals surface area contributed by atoms with E-state index < -0.39 is 0 Å². The molecule has 1 saturated carbocycles. The smallest absolute Gasteiger partial charge is 0.226 e. The van der Waals surface area contributed by atoms with E-state index in [1.165, 1.54) is 12.8 Å². The van der Waals surface area contributed by atoms with Crippen molar-refractivity contribution in [3.63, 3.8) is 0 Å². The molecule has 5 heteroatoms. The number of benzene rings is 1. The first-order valence-corrected chi connectivity index (χ1v) is 8.98. The maximum Gasteiger partial charge on any atom is 0.226 e. The first kappa shape index (κ1) is 17.1. The summed E-state index contributed by atoms with van der Waals surface area (Å²) in [5, 5.41) is 0. The quantitative estimate of drug-likeness (QED) is 0.813. The Kier molecular flexibility index (Phi) is 4.99. The van der Waals surface area contributed by atoms with Crippen LogP contribution < -0.4 is 10.5 Å². The van der Waals surface area contributed by atoms with E-state index in [9.17, 15) is 4.79 Å². The molecule has 3 rings (SSSR count). The highest BCUT2D eigenvalue weighted by atomic mass is 16.5. The van der Waals surface area contributed by atoms with Crippen molar-refractivity contribution < 1.29 is 9.53 Å². The van der Waals surface area contributed by atoms with Crippen LogP contribution in [0.15, 0.2) is 24.3 Å². The first-order valence-electron chi connectivity index (χ1n) is 8.98. The first-order chi connectivity index (χ1) is 11.5. The second-order valence-corrected chi connectivity index (χ2v) is 7.46. The van der Waals surface area contributed by atoms with E-state index in [0.717, 1.165) is 37.8 Å². The molecule has 2 aliphatic rings. The molecule has 0 spiro atoms. The van der Waals surface area contributed by atoms with E-state index in [-0.39, 0.29) is 11.4 Å². The zero-order valence-electron chi connectivity index (χ0n) is 14.8. The number of carbonyl (C=O) groups is 1. The van der Waals surface area contributed by atoms with Gasteiger partial charge in [-0.25, -0.2) is 0 Å². The largest absolute Gasteiger partial charge is 0.493 e. The monoisotopic (exact) mass is 331 g/mol. The Hall–Kier alpha value is -1.75. The molecular formula is C19H29N3O2. The predicted octanol–water partition coefficient (Wildman–Crippen LogP) is 2.37. The van der Waals surface area contributed by atoms with Crippen LogP contribution in [0, 0.1) is 5.92 Å². The molecule has 5 nitrogen and oxygen atoms in total. The van der Waals surface area contributed by atoms with Gasteiger partial charge in [0.1, 0.15) is 5.75 Å². The Morgan fingerprint density at radius 1 is 1.17 bits per heavy atom. The lowest BCUT2D eigenvalue weighted by Gasteiger charge is -2.44. The molecule has 1 aromatic carbocycles. The van der Waals surface area contributed by atoms with Gasteiger partial charge in [-0.15, -0.1) is 0 Å². The zero-order valence-corrected chi connectivity index (χ0v) is 14.8. The van der Waals surface area contributed by atoms with Crippen molar-refractivity contribution >= 4 is 11.6 Å². The Balaban J connectivity index is 1.39. The van der Waals surface area contributed by atoms with E-state index in [0.29, 0.717) is 18.7 Å². The Morgan fingerprint density at radius 2 is 1.79 bits per heavy atom. The fourth-order valence-corrected chi connectivity index (χ4v) is 3.56. The van der Waals surface area contributed by atoms with Gasteiger partial charge in [0.25, 0.3) is 0 Å². The van der Waals surface area contributed by atoms with Crippen molar-refractivity contribution in [1.82, 2.24) is 9.80 Å². The number of nitrogens with zero attached hydrogens (tertiary/aromatic N) is 2. The molecule has 1 saturated heterocycles. The third kappa shape index (κ3) is 4.01. The van der Waals surface area contributed by atoms with Gasteiger partial charge in [0.2, 0.25) is 5.91 Å². The van der Waals surface area contributed by atoms with Crippen LogP contribution in [0.5, 0.6) is 5.75 Å². The Morgan fingerprint density at radius 3 is 2.38 bits per heavy atom. The number of nitrogens with two attached hydrogens (primary N) is 1. The summed E-state index contributed by atoms with van der Waals surface area (Å²) in [5.74, 6) is 1.79. The van der Waals surface area contributed by atoms with Crippen molar-refractivity contribution in [1.29, 1.82) is 0 Å². The van der Waals surface area contributed by atoms with E-state index in [1.807, 2.05) is 17.0 Å². The molecule has 132 valence electrons. The van der Waals surface area contributed by atoms with Crippen LogP contribution in [-0.2, 0) is 4.79 Å². The summed E-state index contributed by atoms with van der Waals surface area (Å²) in [7, 11) is 0. The number of amides is 1. The van der Waals surface area contributed by atoms with Crippen LogP contribution >= 0.6 is 0 Å². The molecule has 2 fully saturated rings. The molecule has 24 heavy (non-hydrogen) atoms. The molecule has 0 bridgehead atoms. The lowest BCUT2D eigenvalue weighted by atomic mass is 9.95. The SMILES string of the molecule is CC(C)(C1CC1)N1CCN(C(=O)CCOc2ccc(N)cc2)CC1. The van der Waals surface area contributed by atoms with Gasteiger partial charge in [0, 0.05) is 37.4 Å². The van der Waals surface area contributed by atoms with Crippen molar-refractivity contribution in [3.8, 4) is 5.75 Å². The fourth-order valence-electron chi connectivity index (χ4n) is 3.56. The molecule has 1 aliphatic carbocycles. The third-order valence-corrected chi connectivity index (χ3v) is 5.49. The molecule has 2 N–H and O–H groups in total. The minimum absolute atomic E-state index is 0.189. The van der Waals surface area contributed by atoms with Crippen LogP contribution in [0.1, 0.15) is 33.1 Å².